The van der Waals surface area contributed by atoms with Crippen molar-refractivity contribution in [1.82, 2.24) is 9.88 Å². The second-order valence-electron chi connectivity index (χ2n) is 5.02. The lowest BCUT2D eigenvalue weighted by Crippen LogP contribution is -2.47. The van der Waals surface area contributed by atoms with Gasteiger partial charge in [-0.15, -0.1) is 11.8 Å². The second kappa shape index (κ2) is 6.80. The first-order valence-corrected chi connectivity index (χ1v) is 7.93. The fourth-order valence-electron chi connectivity index (χ4n) is 2.31. The molecule has 1 aliphatic heterocycles. The van der Waals surface area contributed by atoms with E-state index >= 15 is 0 Å². The highest BCUT2D eigenvalue weighted by Gasteiger charge is 2.41. The van der Waals surface area contributed by atoms with Crippen LogP contribution in [-0.2, 0) is 4.79 Å². The maximum Gasteiger partial charge on any atom is 0.327 e. The molecule has 0 radical (unpaired) electrons. The van der Waals surface area contributed by atoms with Crippen molar-refractivity contribution in [1.29, 1.82) is 0 Å². The molecule has 1 aliphatic rings. The molecule has 0 saturated carbocycles. The van der Waals surface area contributed by atoms with Gasteiger partial charge in [-0.2, -0.15) is 0 Å². The number of hydrogen-bond acceptors (Lipinski definition) is 4. The molecule has 0 aromatic carbocycles. The number of urea groups is 1. The number of nitrogens with one attached hydrogen (secondary N) is 1. The van der Waals surface area contributed by atoms with Crippen LogP contribution in [0.2, 0.25) is 0 Å². The van der Waals surface area contributed by atoms with E-state index in [2.05, 4.69) is 10.3 Å². The summed E-state index contributed by atoms with van der Waals surface area (Å²) in [4.78, 5) is 29.2. The Hall–Kier alpha value is -1.76. The molecule has 1 aromatic rings. The summed E-state index contributed by atoms with van der Waals surface area (Å²) in [5.41, 5.74) is 1.51. The lowest BCUT2D eigenvalue weighted by molar-refractivity contribution is -0.141. The van der Waals surface area contributed by atoms with E-state index in [1.165, 1.54) is 16.7 Å². The monoisotopic (exact) mass is 309 g/mol. The van der Waals surface area contributed by atoms with Gasteiger partial charge >= 0.3 is 12.0 Å². The number of aliphatic carboxylic acids is 1. The summed E-state index contributed by atoms with van der Waals surface area (Å²) in [6.07, 6.45) is 4.94. The normalized spacial score (nSPS) is 21.3. The molecule has 0 aliphatic carbocycles. The summed E-state index contributed by atoms with van der Waals surface area (Å²) in [6, 6.07) is 0.654. The number of nitrogens with zero attached hydrogens (tertiary/aromatic N) is 2. The van der Waals surface area contributed by atoms with Gasteiger partial charge in [0.05, 0.1) is 17.3 Å². The van der Waals surface area contributed by atoms with E-state index in [1.807, 2.05) is 13.8 Å². The fraction of sp³-hybridized carbons (Fsp3) is 0.500. The number of hydrogen-bond donors (Lipinski definition) is 2. The minimum atomic E-state index is -0.960. The van der Waals surface area contributed by atoms with Crippen LogP contribution < -0.4 is 5.32 Å². The van der Waals surface area contributed by atoms with Gasteiger partial charge in [0.2, 0.25) is 0 Å². The number of carbonyl (C=O) groups is 2. The molecule has 2 atom stereocenters. The zero-order chi connectivity index (χ0) is 15.4. The largest absolute Gasteiger partial charge is 0.480 e. The number of aromatic nitrogens is 1. The van der Waals surface area contributed by atoms with Crippen LogP contribution in [0.4, 0.5) is 10.5 Å². The van der Waals surface area contributed by atoms with E-state index in [-0.39, 0.29) is 11.4 Å². The van der Waals surface area contributed by atoms with Gasteiger partial charge in [0.25, 0.3) is 0 Å². The molecule has 2 N–H and O–H groups in total. The summed E-state index contributed by atoms with van der Waals surface area (Å²) < 4.78 is 0. The number of aryl methyl sites for hydroxylation is 1. The highest BCUT2D eigenvalue weighted by atomic mass is 32.2. The van der Waals surface area contributed by atoms with Gasteiger partial charge in [0.15, 0.2) is 0 Å². The molecule has 1 aromatic heterocycles. The van der Waals surface area contributed by atoms with E-state index in [4.69, 9.17) is 0 Å². The number of rotatable bonds is 4. The molecule has 0 bridgehead atoms. The van der Waals surface area contributed by atoms with Crippen LogP contribution in [0, 0.1) is 6.92 Å². The smallest absolute Gasteiger partial charge is 0.327 e. The summed E-state index contributed by atoms with van der Waals surface area (Å²) in [5.74, 6) is -0.530. The third kappa shape index (κ3) is 3.66. The molecular weight excluding hydrogens is 290 g/mol. The lowest BCUT2D eigenvalue weighted by Gasteiger charge is -2.27. The maximum absolute atomic E-state index is 12.4. The van der Waals surface area contributed by atoms with Crippen molar-refractivity contribution in [3.8, 4) is 0 Å². The Kier molecular flexibility index (Phi) is 5.06. The van der Waals surface area contributed by atoms with Crippen LogP contribution in [-0.4, -0.2) is 44.2 Å². The Balaban J connectivity index is 2.14. The van der Waals surface area contributed by atoms with Crippen molar-refractivity contribution in [2.24, 2.45) is 0 Å². The van der Waals surface area contributed by atoms with Crippen molar-refractivity contribution in [3.63, 3.8) is 0 Å². The zero-order valence-electron chi connectivity index (χ0n) is 12.1. The minimum absolute atomic E-state index is 0.0890. The zero-order valence-corrected chi connectivity index (χ0v) is 12.9. The number of thioether (sulfide) groups is 1. The van der Waals surface area contributed by atoms with E-state index in [1.54, 1.807) is 18.5 Å². The molecule has 21 heavy (non-hydrogen) atoms. The van der Waals surface area contributed by atoms with E-state index in [0.29, 0.717) is 11.4 Å². The lowest BCUT2D eigenvalue weighted by atomic mass is 10.2. The van der Waals surface area contributed by atoms with Gasteiger partial charge in [0.1, 0.15) is 6.04 Å². The molecule has 0 spiro atoms. The van der Waals surface area contributed by atoms with Gasteiger partial charge in [-0.3, -0.25) is 9.88 Å². The third-order valence-corrected chi connectivity index (χ3v) is 4.63. The van der Waals surface area contributed by atoms with E-state index in [0.717, 1.165) is 18.4 Å². The van der Waals surface area contributed by atoms with Gasteiger partial charge in [0, 0.05) is 11.9 Å². The van der Waals surface area contributed by atoms with Crippen molar-refractivity contribution in [3.05, 3.63) is 24.0 Å². The molecule has 6 nitrogen and oxygen atoms in total. The first kappa shape index (κ1) is 15.6. The first-order chi connectivity index (χ1) is 10.0. The van der Waals surface area contributed by atoms with Crippen LogP contribution >= 0.6 is 11.8 Å². The van der Waals surface area contributed by atoms with Gasteiger partial charge < -0.3 is 10.4 Å². The number of anilines is 1. The highest BCUT2D eigenvalue weighted by molar-refractivity contribution is 8.00. The predicted molar refractivity (Wildman–Crippen MR) is 82.4 cm³/mol. The molecule has 7 heteroatoms. The molecule has 2 rings (SSSR count). The van der Waals surface area contributed by atoms with Gasteiger partial charge in [-0.25, -0.2) is 9.59 Å². The van der Waals surface area contributed by atoms with Crippen LogP contribution in [0.1, 0.15) is 25.3 Å². The van der Waals surface area contributed by atoms with E-state index in [9.17, 15) is 14.7 Å². The second-order valence-corrected chi connectivity index (χ2v) is 6.23. The average Bonchev–Trinajstić information content (AvgIpc) is 2.83. The third-order valence-electron chi connectivity index (χ3n) is 3.27. The van der Waals surface area contributed by atoms with Crippen molar-refractivity contribution in [2.75, 3.05) is 11.1 Å². The van der Waals surface area contributed by atoms with Crippen LogP contribution in [0.25, 0.3) is 0 Å². The van der Waals surface area contributed by atoms with Crippen molar-refractivity contribution < 1.29 is 14.7 Å². The Morgan fingerprint density at radius 3 is 2.90 bits per heavy atom. The molecule has 114 valence electrons. The number of carboxylic acid groups (broad SMARTS) is 1. The molecular formula is C14H19N3O3S. The van der Waals surface area contributed by atoms with Crippen LogP contribution in [0.15, 0.2) is 18.5 Å². The SMILES string of the molecule is CCCC1SCC(C(=O)O)N1C(=O)Nc1cncc(C)c1. The van der Waals surface area contributed by atoms with E-state index < -0.39 is 12.0 Å². The number of carboxylic acids is 1. The number of carbonyl (C=O) groups excluding carboxylic acids is 1. The number of pyridine rings is 1. The predicted octanol–water partition coefficient (Wildman–Crippen LogP) is 2.55. The summed E-state index contributed by atoms with van der Waals surface area (Å²) in [5, 5.41) is 11.9. The molecule has 1 saturated heterocycles. The van der Waals surface area contributed by atoms with Crippen LogP contribution in [0.5, 0.6) is 0 Å². The van der Waals surface area contributed by atoms with Gasteiger partial charge in [-0.05, 0) is 25.0 Å². The first-order valence-electron chi connectivity index (χ1n) is 6.88. The summed E-state index contributed by atoms with van der Waals surface area (Å²) in [6.45, 7) is 3.91. The molecule has 1 fully saturated rings. The quantitative estimate of drug-likeness (QED) is 0.893. The Morgan fingerprint density at radius 2 is 2.29 bits per heavy atom. The summed E-state index contributed by atoms with van der Waals surface area (Å²) >= 11 is 1.52. The average molecular weight is 309 g/mol. The minimum Gasteiger partial charge on any atom is -0.480 e. The van der Waals surface area contributed by atoms with Crippen molar-refractivity contribution >= 4 is 29.4 Å². The van der Waals surface area contributed by atoms with Gasteiger partial charge in [-0.1, -0.05) is 13.3 Å². The molecule has 2 amide bonds. The fourth-order valence-corrected chi connectivity index (χ4v) is 3.82. The Bertz CT molecular complexity index is 538. The number of amides is 2. The highest BCUT2D eigenvalue weighted by Crippen LogP contribution is 2.32. The topological polar surface area (TPSA) is 82.5 Å². The Morgan fingerprint density at radius 1 is 1.52 bits per heavy atom. The maximum atomic E-state index is 12.4. The standard InChI is InChI=1S/C14H19N3O3S/c1-3-4-12-17(11(8-21-12)13(18)19)14(20)16-10-5-9(2)6-15-7-10/h5-7,11-12H,3-4,8H2,1-2H3,(H,16,20)(H,18,19). The Labute approximate surface area is 127 Å². The molecule has 2 unspecified atom stereocenters. The summed E-state index contributed by atoms with van der Waals surface area (Å²) in [7, 11) is 0. The van der Waals surface area contributed by atoms with Crippen molar-refractivity contribution in [2.45, 2.75) is 38.1 Å². The molecule has 2 heterocycles. The van der Waals surface area contributed by atoms with Crippen LogP contribution in [0.3, 0.4) is 0 Å².